The Kier molecular flexibility index (Phi) is 4.88. The van der Waals surface area contributed by atoms with Crippen molar-refractivity contribution < 1.29 is 0 Å². The number of pyridine rings is 1. The van der Waals surface area contributed by atoms with Gasteiger partial charge in [-0.3, -0.25) is 0 Å². The van der Waals surface area contributed by atoms with Crippen LogP contribution in [0.4, 0.5) is 0 Å². The highest BCUT2D eigenvalue weighted by molar-refractivity contribution is 6.21. The van der Waals surface area contributed by atoms with Gasteiger partial charge in [-0.2, -0.15) is 5.26 Å². The number of allylic oxidation sites excluding steroid dienone is 2. The summed E-state index contributed by atoms with van der Waals surface area (Å²) in [5.41, 5.74) is 10.5. The summed E-state index contributed by atoms with van der Waals surface area (Å²) in [7, 11) is 0. The normalized spacial score (nSPS) is 12.9. The number of aromatic nitrogens is 1. The summed E-state index contributed by atoms with van der Waals surface area (Å²) >= 11 is 0. The van der Waals surface area contributed by atoms with Crippen LogP contribution in [0.25, 0.3) is 50.2 Å². The quantitative estimate of drug-likeness (QED) is 0.200. The fourth-order valence-corrected chi connectivity index (χ4v) is 5.84. The Morgan fingerprint density at radius 3 is 2.35 bits per heavy atom. The van der Waals surface area contributed by atoms with Gasteiger partial charge in [0.1, 0.15) is 0 Å². The molecule has 2 nitrogen and oxygen atoms in total. The Morgan fingerprint density at radius 2 is 1.71 bits per heavy atom. The summed E-state index contributed by atoms with van der Waals surface area (Å²) in [5.74, 6) is 0. The van der Waals surface area contributed by atoms with Crippen molar-refractivity contribution in [1.29, 1.82) is 5.26 Å². The van der Waals surface area contributed by atoms with Crippen LogP contribution in [0.5, 0.6) is 0 Å². The van der Waals surface area contributed by atoms with E-state index in [1.807, 2.05) is 13.0 Å². The maximum absolute atomic E-state index is 10.1. The summed E-state index contributed by atoms with van der Waals surface area (Å²) in [4.78, 5) is 0. The van der Waals surface area contributed by atoms with Crippen molar-refractivity contribution in [3.63, 3.8) is 0 Å². The smallest absolute Gasteiger partial charge is 0.0994 e. The van der Waals surface area contributed by atoms with E-state index in [1.165, 1.54) is 55.0 Å². The molecule has 2 heterocycles. The van der Waals surface area contributed by atoms with Crippen LogP contribution in [-0.2, 0) is 6.42 Å². The molecule has 0 bridgehead atoms. The zero-order valence-corrected chi connectivity index (χ0v) is 21.4. The van der Waals surface area contributed by atoms with E-state index in [2.05, 4.69) is 95.0 Å². The molecular formula is C32H32N2. The predicted molar refractivity (Wildman–Crippen MR) is 147 cm³/mol. The molecule has 0 aliphatic rings. The SMILES string of the molecule is C=c1c2c(C)c(C)cc(C)c2n2c3ccccc3c3c(CC(C)(C)C)cc(/C(C#N)=C\C)c1c32. The van der Waals surface area contributed by atoms with E-state index < -0.39 is 0 Å². The molecule has 0 radical (unpaired) electrons. The average Bonchev–Trinajstić information content (AvgIpc) is 3.11. The second-order valence-corrected chi connectivity index (χ2v) is 10.9. The van der Waals surface area contributed by atoms with Gasteiger partial charge < -0.3 is 4.40 Å². The third-order valence-electron chi connectivity index (χ3n) is 7.28. The first-order chi connectivity index (χ1) is 16.1. The maximum atomic E-state index is 10.1. The minimum atomic E-state index is 0.111. The van der Waals surface area contributed by atoms with E-state index in [-0.39, 0.29) is 5.41 Å². The van der Waals surface area contributed by atoms with Crippen molar-refractivity contribution in [2.45, 2.75) is 54.9 Å². The highest BCUT2D eigenvalue weighted by atomic mass is 14.9. The summed E-state index contributed by atoms with van der Waals surface area (Å²) in [5, 5.41) is 16.0. The summed E-state index contributed by atoms with van der Waals surface area (Å²) in [6.45, 7) is 20.0. The molecule has 0 fully saturated rings. The van der Waals surface area contributed by atoms with Crippen LogP contribution in [0.2, 0.25) is 0 Å². The van der Waals surface area contributed by atoms with Crippen LogP contribution >= 0.6 is 0 Å². The topological polar surface area (TPSA) is 28.2 Å². The molecule has 0 unspecified atom stereocenters. The number of nitrogens with zero attached hydrogens (tertiary/aromatic N) is 2. The second-order valence-electron chi connectivity index (χ2n) is 10.9. The van der Waals surface area contributed by atoms with Crippen LogP contribution in [0.3, 0.4) is 0 Å². The minimum Gasteiger partial charge on any atom is -0.308 e. The monoisotopic (exact) mass is 444 g/mol. The van der Waals surface area contributed by atoms with E-state index in [9.17, 15) is 5.26 Å². The number of fused-ring (bicyclic) bond motifs is 5. The molecule has 0 aliphatic heterocycles. The summed E-state index contributed by atoms with van der Waals surface area (Å²) in [6, 6.07) is 15.8. The first-order valence-electron chi connectivity index (χ1n) is 12.1. The van der Waals surface area contributed by atoms with Crippen LogP contribution in [0, 0.1) is 37.5 Å². The lowest BCUT2D eigenvalue weighted by Crippen LogP contribution is -2.14. The second kappa shape index (κ2) is 7.47. The van der Waals surface area contributed by atoms with Crippen molar-refractivity contribution >= 4 is 50.2 Å². The van der Waals surface area contributed by atoms with Crippen LogP contribution in [0.1, 0.15) is 55.5 Å². The molecule has 5 rings (SSSR count). The Labute approximate surface area is 201 Å². The summed E-state index contributed by atoms with van der Waals surface area (Å²) < 4.78 is 2.45. The van der Waals surface area contributed by atoms with Crippen LogP contribution in [0.15, 0.2) is 42.5 Å². The number of benzene rings is 3. The zero-order valence-electron chi connectivity index (χ0n) is 21.4. The Balaban J connectivity index is 2.24. The van der Waals surface area contributed by atoms with Crippen molar-refractivity contribution in [3.05, 3.63) is 75.5 Å². The molecule has 0 spiro atoms. The lowest BCUT2D eigenvalue weighted by atomic mass is 9.83. The fourth-order valence-electron chi connectivity index (χ4n) is 5.84. The van der Waals surface area contributed by atoms with E-state index >= 15 is 0 Å². The van der Waals surface area contributed by atoms with Gasteiger partial charge in [-0.25, -0.2) is 0 Å². The van der Waals surface area contributed by atoms with Gasteiger partial charge in [0.05, 0.1) is 28.2 Å². The number of nitriles is 1. The number of rotatable bonds is 2. The Hall–Kier alpha value is -3.57. The Bertz CT molecular complexity index is 1760. The molecule has 0 saturated heterocycles. The molecule has 2 aromatic heterocycles. The van der Waals surface area contributed by atoms with Crippen molar-refractivity contribution in [1.82, 2.24) is 4.40 Å². The molecule has 5 aromatic rings. The molecule has 2 heteroatoms. The largest absolute Gasteiger partial charge is 0.308 e. The van der Waals surface area contributed by atoms with Crippen molar-refractivity contribution in [3.8, 4) is 6.07 Å². The lowest BCUT2D eigenvalue weighted by molar-refractivity contribution is 0.413. The van der Waals surface area contributed by atoms with Gasteiger partial charge in [0, 0.05) is 27.1 Å². The lowest BCUT2D eigenvalue weighted by Gasteiger charge is -2.22. The van der Waals surface area contributed by atoms with Crippen molar-refractivity contribution in [2.24, 2.45) is 5.41 Å². The third kappa shape index (κ3) is 3.00. The first-order valence-corrected chi connectivity index (χ1v) is 12.1. The molecule has 0 N–H and O–H groups in total. The molecule has 3 aromatic carbocycles. The third-order valence-corrected chi connectivity index (χ3v) is 7.28. The highest BCUT2D eigenvalue weighted by Gasteiger charge is 2.25. The highest BCUT2D eigenvalue weighted by Crippen LogP contribution is 2.41. The zero-order chi connectivity index (χ0) is 24.5. The molecule has 0 aliphatic carbocycles. The molecular weight excluding hydrogens is 412 g/mol. The molecule has 170 valence electrons. The van der Waals surface area contributed by atoms with Crippen LogP contribution in [-0.4, -0.2) is 4.40 Å². The Morgan fingerprint density at radius 1 is 1.00 bits per heavy atom. The number of hydrogen-bond donors (Lipinski definition) is 0. The van der Waals surface area contributed by atoms with Gasteiger partial charge in [0.2, 0.25) is 0 Å². The fraction of sp³-hybridized carbons (Fsp3) is 0.281. The van der Waals surface area contributed by atoms with E-state index in [0.29, 0.717) is 5.57 Å². The van der Waals surface area contributed by atoms with Gasteiger partial charge >= 0.3 is 0 Å². The standard InChI is InChI=1S/C32H32N2/c1-9-22(17-33)25-15-23(16-32(6,7)8)29-24-12-10-11-13-26(24)34-30-19(3)14-18(2)20(4)27(30)21(5)28(25)31(29)34/h9-15H,5,16H2,1-4,6-8H3/b22-9-. The number of para-hydroxylation sites is 1. The van der Waals surface area contributed by atoms with Gasteiger partial charge in [0.15, 0.2) is 0 Å². The summed E-state index contributed by atoms with van der Waals surface area (Å²) in [6.07, 6.45) is 2.86. The van der Waals surface area contributed by atoms with Gasteiger partial charge in [-0.05, 0) is 79.1 Å². The molecule has 0 saturated carbocycles. The van der Waals surface area contributed by atoms with Crippen LogP contribution < -0.4 is 5.22 Å². The predicted octanol–water partition coefficient (Wildman–Crippen LogP) is 7.97. The maximum Gasteiger partial charge on any atom is 0.0994 e. The molecule has 0 atom stereocenters. The first kappa shape index (κ1) is 22.2. The van der Waals surface area contributed by atoms with Gasteiger partial charge in [-0.1, -0.05) is 57.7 Å². The van der Waals surface area contributed by atoms with E-state index in [1.54, 1.807) is 0 Å². The molecule has 0 amide bonds. The van der Waals surface area contributed by atoms with Gasteiger partial charge in [0.25, 0.3) is 0 Å². The average molecular weight is 445 g/mol. The van der Waals surface area contributed by atoms with E-state index in [4.69, 9.17) is 0 Å². The minimum absolute atomic E-state index is 0.111. The molecule has 34 heavy (non-hydrogen) atoms. The van der Waals surface area contributed by atoms with Crippen molar-refractivity contribution in [2.75, 3.05) is 0 Å². The number of hydrogen-bond acceptors (Lipinski definition) is 1. The van der Waals surface area contributed by atoms with E-state index in [0.717, 1.165) is 22.6 Å². The number of aryl methyl sites for hydroxylation is 3. The van der Waals surface area contributed by atoms with Gasteiger partial charge in [-0.15, -0.1) is 0 Å².